The smallest absolute Gasteiger partial charge is 0.354 e. The monoisotopic (exact) mass is 273 g/mol. The van der Waals surface area contributed by atoms with Crippen molar-refractivity contribution in [2.45, 2.75) is 25.6 Å². The van der Waals surface area contributed by atoms with Crippen LogP contribution < -0.4 is 0 Å². The van der Waals surface area contributed by atoms with Crippen LogP contribution in [0, 0.1) is 13.8 Å². The van der Waals surface area contributed by atoms with Crippen LogP contribution in [0.5, 0.6) is 0 Å². The first-order chi connectivity index (χ1) is 8.42. The average molecular weight is 274 g/mol. The van der Waals surface area contributed by atoms with Gasteiger partial charge in [-0.25, -0.2) is 4.79 Å². The summed E-state index contributed by atoms with van der Waals surface area (Å²) in [5.41, 5.74) is 2.76. The van der Waals surface area contributed by atoms with Gasteiger partial charge in [-0.1, -0.05) is 0 Å². The lowest BCUT2D eigenvalue weighted by molar-refractivity contribution is -0.140. The molecule has 0 amide bonds. The van der Waals surface area contributed by atoms with E-state index >= 15 is 0 Å². The number of aromatic amines is 1. The molecule has 1 rings (SSSR count). The molecule has 0 aliphatic heterocycles. The molecule has 100 valence electrons. The van der Waals surface area contributed by atoms with Gasteiger partial charge in [0.25, 0.3) is 0 Å². The molecule has 1 unspecified atom stereocenters. The van der Waals surface area contributed by atoms with Gasteiger partial charge in [0.05, 0.1) is 14.2 Å². The minimum atomic E-state index is -0.770. The van der Waals surface area contributed by atoms with E-state index in [2.05, 4.69) is 14.5 Å². The molecular formula is C12H16ClNO4. The van der Waals surface area contributed by atoms with Crippen molar-refractivity contribution in [3.05, 3.63) is 22.5 Å². The van der Waals surface area contributed by atoms with Gasteiger partial charge in [-0.2, -0.15) is 0 Å². The summed E-state index contributed by atoms with van der Waals surface area (Å²) in [6, 6.07) is 0. The van der Waals surface area contributed by atoms with Crippen LogP contribution in [0.1, 0.15) is 27.3 Å². The molecule has 0 bridgehead atoms. The fourth-order valence-corrected chi connectivity index (χ4v) is 2.04. The van der Waals surface area contributed by atoms with E-state index < -0.39 is 17.3 Å². The third-order valence-electron chi connectivity index (χ3n) is 2.82. The van der Waals surface area contributed by atoms with Gasteiger partial charge in [0.2, 0.25) is 0 Å². The zero-order chi connectivity index (χ0) is 13.9. The van der Waals surface area contributed by atoms with Crippen LogP contribution >= 0.6 is 11.6 Å². The number of ether oxygens (including phenoxy) is 2. The molecule has 1 aromatic rings. The maximum atomic E-state index is 11.5. The predicted molar refractivity (Wildman–Crippen MR) is 67.0 cm³/mol. The highest BCUT2D eigenvalue weighted by Crippen LogP contribution is 2.22. The summed E-state index contributed by atoms with van der Waals surface area (Å²) >= 11 is 5.93. The van der Waals surface area contributed by atoms with E-state index in [1.54, 1.807) is 6.92 Å². The van der Waals surface area contributed by atoms with Crippen molar-refractivity contribution in [3.63, 3.8) is 0 Å². The third-order valence-corrected chi connectivity index (χ3v) is 3.16. The lowest BCUT2D eigenvalue weighted by Crippen LogP contribution is -2.19. The number of nitrogens with one attached hydrogen (secondary N) is 1. The number of aromatic nitrogens is 1. The van der Waals surface area contributed by atoms with Crippen molar-refractivity contribution < 1.29 is 19.1 Å². The first-order valence-electron chi connectivity index (χ1n) is 5.40. The summed E-state index contributed by atoms with van der Waals surface area (Å²) in [4.78, 5) is 25.7. The van der Waals surface area contributed by atoms with E-state index in [9.17, 15) is 9.59 Å². The maximum Gasteiger partial charge on any atom is 0.354 e. The molecule has 0 aliphatic carbocycles. The molecule has 1 heterocycles. The van der Waals surface area contributed by atoms with Crippen LogP contribution in [-0.4, -0.2) is 36.5 Å². The zero-order valence-electron chi connectivity index (χ0n) is 10.8. The molecule has 6 heteroatoms. The number of alkyl halides is 1. The topological polar surface area (TPSA) is 68.4 Å². The first-order valence-corrected chi connectivity index (χ1v) is 5.84. The number of carbonyl (C=O) groups excluding carboxylic acids is 2. The Bertz CT molecular complexity index is 467. The van der Waals surface area contributed by atoms with Crippen molar-refractivity contribution in [3.8, 4) is 0 Å². The highest BCUT2D eigenvalue weighted by Gasteiger charge is 2.23. The summed E-state index contributed by atoms with van der Waals surface area (Å²) in [7, 11) is 2.60. The minimum Gasteiger partial charge on any atom is -0.468 e. The molecule has 1 aromatic heterocycles. The number of esters is 2. The summed E-state index contributed by atoms with van der Waals surface area (Å²) in [5, 5.41) is -0.770. The Kier molecular flexibility index (Phi) is 4.78. The Morgan fingerprint density at radius 1 is 1.28 bits per heavy atom. The van der Waals surface area contributed by atoms with Crippen molar-refractivity contribution in [1.82, 2.24) is 4.98 Å². The molecule has 5 nitrogen and oxygen atoms in total. The number of carbonyl (C=O) groups is 2. The van der Waals surface area contributed by atoms with Gasteiger partial charge in [-0.05, 0) is 25.0 Å². The highest BCUT2D eigenvalue weighted by atomic mass is 35.5. The quantitative estimate of drug-likeness (QED) is 0.670. The zero-order valence-corrected chi connectivity index (χ0v) is 11.6. The molecule has 0 aliphatic rings. The Balaban J connectivity index is 3.00. The second-order valence-electron chi connectivity index (χ2n) is 3.91. The molecule has 0 fully saturated rings. The van der Waals surface area contributed by atoms with Crippen molar-refractivity contribution in [2.24, 2.45) is 0 Å². The van der Waals surface area contributed by atoms with Crippen LogP contribution in [0.2, 0.25) is 0 Å². The van der Waals surface area contributed by atoms with E-state index in [4.69, 9.17) is 11.6 Å². The molecule has 0 spiro atoms. The fraction of sp³-hybridized carbons (Fsp3) is 0.500. The van der Waals surface area contributed by atoms with E-state index in [1.807, 2.05) is 6.92 Å². The second kappa shape index (κ2) is 5.91. The summed E-state index contributed by atoms with van der Waals surface area (Å²) < 4.78 is 9.23. The van der Waals surface area contributed by atoms with Crippen molar-refractivity contribution in [1.29, 1.82) is 0 Å². The Morgan fingerprint density at radius 2 is 1.89 bits per heavy atom. The largest absolute Gasteiger partial charge is 0.468 e. The minimum absolute atomic E-state index is 0.305. The SMILES string of the molecule is COC(=O)c1[nH]c(C)c(CC(Cl)C(=O)OC)c1C. The summed E-state index contributed by atoms with van der Waals surface area (Å²) in [6.07, 6.45) is 0.305. The van der Waals surface area contributed by atoms with E-state index in [-0.39, 0.29) is 0 Å². The molecule has 0 saturated carbocycles. The Morgan fingerprint density at radius 3 is 2.39 bits per heavy atom. The second-order valence-corrected chi connectivity index (χ2v) is 4.44. The van der Waals surface area contributed by atoms with Crippen molar-refractivity contribution >= 4 is 23.5 Å². The number of aryl methyl sites for hydroxylation is 1. The molecule has 0 aromatic carbocycles. The number of methoxy groups -OCH3 is 2. The van der Waals surface area contributed by atoms with Crippen molar-refractivity contribution in [2.75, 3.05) is 14.2 Å². The average Bonchev–Trinajstić information content (AvgIpc) is 2.64. The lowest BCUT2D eigenvalue weighted by Gasteiger charge is -2.08. The first kappa shape index (κ1) is 14.6. The molecule has 18 heavy (non-hydrogen) atoms. The van der Waals surface area contributed by atoms with Gasteiger partial charge < -0.3 is 14.5 Å². The normalized spacial score (nSPS) is 12.1. The Labute approximate surface area is 110 Å². The van der Waals surface area contributed by atoms with E-state index in [1.165, 1.54) is 14.2 Å². The highest BCUT2D eigenvalue weighted by molar-refractivity contribution is 6.30. The van der Waals surface area contributed by atoms with Crippen LogP contribution in [0.15, 0.2) is 0 Å². The maximum absolute atomic E-state index is 11.5. The predicted octanol–water partition coefficient (Wildman–Crippen LogP) is 1.74. The van der Waals surface area contributed by atoms with Gasteiger partial charge in [0.1, 0.15) is 11.1 Å². The number of hydrogen-bond donors (Lipinski definition) is 1. The van der Waals surface area contributed by atoms with E-state index in [0.717, 1.165) is 16.8 Å². The summed E-state index contributed by atoms with van der Waals surface area (Å²) in [6.45, 7) is 3.60. The van der Waals surface area contributed by atoms with Crippen LogP contribution in [-0.2, 0) is 20.7 Å². The van der Waals surface area contributed by atoms with Crippen LogP contribution in [0.25, 0.3) is 0 Å². The fourth-order valence-electron chi connectivity index (χ4n) is 1.79. The molecule has 0 saturated heterocycles. The number of hydrogen-bond acceptors (Lipinski definition) is 4. The standard InChI is InChI=1S/C12H16ClNO4/c1-6-8(5-9(13)11(15)17-3)7(2)14-10(6)12(16)18-4/h9,14H,5H2,1-4H3. The van der Waals surface area contributed by atoms with Gasteiger partial charge in [0.15, 0.2) is 0 Å². The third kappa shape index (κ3) is 2.85. The van der Waals surface area contributed by atoms with Crippen LogP contribution in [0.3, 0.4) is 0 Å². The van der Waals surface area contributed by atoms with Gasteiger partial charge in [-0.3, -0.25) is 4.79 Å². The van der Waals surface area contributed by atoms with Gasteiger partial charge >= 0.3 is 11.9 Å². The molecule has 1 atom stereocenters. The van der Waals surface area contributed by atoms with E-state index in [0.29, 0.717) is 12.1 Å². The van der Waals surface area contributed by atoms with Gasteiger partial charge in [0, 0.05) is 12.1 Å². The lowest BCUT2D eigenvalue weighted by atomic mass is 10.0. The number of halogens is 1. The molecule has 1 N–H and O–H groups in total. The number of rotatable bonds is 4. The number of H-pyrrole nitrogens is 1. The molecular weight excluding hydrogens is 258 g/mol. The van der Waals surface area contributed by atoms with Gasteiger partial charge in [-0.15, -0.1) is 11.6 Å². The van der Waals surface area contributed by atoms with Crippen LogP contribution in [0.4, 0.5) is 0 Å². The molecule has 0 radical (unpaired) electrons. The summed E-state index contributed by atoms with van der Waals surface area (Å²) in [5.74, 6) is -0.928. The Hall–Kier alpha value is -1.49.